The Bertz CT molecular complexity index is 591. The van der Waals surface area contributed by atoms with E-state index in [0.29, 0.717) is 25.4 Å². The molecule has 9 heteroatoms. The summed E-state index contributed by atoms with van der Waals surface area (Å²) in [6, 6.07) is 6.61. The molecule has 1 fully saturated rings. The predicted molar refractivity (Wildman–Crippen MR) is 103 cm³/mol. The summed E-state index contributed by atoms with van der Waals surface area (Å²) in [4.78, 5) is 15.8. The average molecular weight is 425 g/mol. The number of carbonyl (C=O) groups is 1. The highest BCUT2D eigenvalue weighted by Crippen LogP contribution is 2.19. The fourth-order valence-corrected chi connectivity index (χ4v) is 2.86. The van der Waals surface area contributed by atoms with Gasteiger partial charge in [0.2, 0.25) is 5.91 Å². The zero-order valence-corrected chi connectivity index (χ0v) is 17.0. The minimum Gasteiger partial charge on any atom is -0.484 e. The number of benzene rings is 1. The molecule has 2 rings (SSSR count). The van der Waals surface area contributed by atoms with Crippen LogP contribution in [0.25, 0.3) is 0 Å². The Morgan fingerprint density at radius 3 is 2.46 bits per heavy atom. The van der Waals surface area contributed by atoms with Crippen LogP contribution in [-0.2, 0) is 16.0 Å². The molecule has 1 heterocycles. The Hall–Kier alpha value is -1.51. The largest absolute Gasteiger partial charge is 0.484 e. The molecule has 0 radical (unpaired) electrons. The van der Waals surface area contributed by atoms with Crippen molar-refractivity contribution in [1.82, 2.24) is 9.80 Å². The molecule has 1 aromatic rings. The van der Waals surface area contributed by atoms with Gasteiger partial charge in [-0.2, -0.15) is 13.2 Å². The van der Waals surface area contributed by atoms with Crippen molar-refractivity contribution in [2.45, 2.75) is 19.0 Å². The number of hydrogen-bond donors (Lipinski definition) is 0. The number of carbonyl (C=O) groups excluding carboxylic acids is 1. The molecule has 1 aromatic carbocycles. The Labute approximate surface area is 170 Å². The highest BCUT2D eigenvalue weighted by Gasteiger charge is 2.28. The molecule has 0 aromatic heterocycles. The number of halogens is 4. The van der Waals surface area contributed by atoms with E-state index in [4.69, 9.17) is 9.47 Å². The lowest BCUT2D eigenvalue weighted by Crippen LogP contribution is -2.40. The molecule has 0 spiro atoms. The summed E-state index contributed by atoms with van der Waals surface area (Å²) in [5, 5.41) is 0. The SMILES string of the molecule is CN(C)C(=O)CN(CCc1ccc(OCC(F)(F)F)cc1)CC1CCOC1.Cl. The molecule has 0 N–H and O–H groups in total. The van der Waals surface area contributed by atoms with Crippen molar-refractivity contribution < 1.29 is 27.4 Å². The Balaban J connectivity index is 0.00000392. The smallest absolute Gasteiger partial charge is 0.422 e. The van der Waals surface area contributed by atoms with Crippen LogP contribution in [0.5, 0.6) is 5.75 Å². The Morgan fingerprint density at radius 2 is 1.93 bits per heavy atom. The van der Waals surface area contributed by atoms with E-state index in [1.807, 2.05) is 0 Å². The first-order valence-electron chi connectivity index (χ1n) is 9.01. The van der Waals surface area contributed by atoms with E-state index in [0.717, 1.165) is 31.7 Å². The van der Waals surface area contributed by atoms with Gasteiger partial charge in [-0.3, -0.25) is 9.69 Å². The number of hydrogen-bond acceptors (Lipinski definition) is 4. The van der Waals surface area contributed by atoms with Crippen molar-refractivity contribution in [3.63, 3.8) is 0 Å². The van der Waals surface area contributed by atoms with Crippen LogP contribution >= 0.6 is 12.4 Å². The maximum atomic E-state index is 12.2. The van der Waals surface area contributed by atoms with Crippen molar-refractivity contribution in [3.8, 4) is 5.75 Å². The summed E-state index contributed by atoms with van der Waals surface area (Å²) < 4.78 is 46.7. The zero-order chi connectivity index (χ0) is 19.9. The second kappa shape index (κ2) is 11.5. The van der Waals surface area contributed by atoms with Crippen molar-refractivity contribution in [3.05, 3.63) is 29.8 Å². The van der Waals surface area contributed by atoms with E-state index < -0.39 is 12.8 Å². The number of likely N-dealkylation sites (N-methyl/N-ethyl adjacent to an activating group) is 1. The van der Waals surface area contributed by atoms with E-state index in [-0.39, 0.29) is 24.1 Å². The van der Waals surface area contributed by atoms with Gasteiger partial charge in [-0.15, -0.1) is 12.4 Å². The molecule has 28 heavy (non-hydrogen) atoms. The first-order chi connectivity index (χ1) is 12.7. The van der Waals surface area contributed by atoms with Gasteiger partial charge in [0.15, 0.2) is 6.61 Å². The fraction of sp³-hybridized carbons (Fsp3) is 0.632. The summed E-state index contributed by atoms with van der Waals surface area (Å²) in [5.74, 6) is 0.668. The maximum absolute atomic E-state index is 12.2. The van der Waals surface area contributed by atoms with E-state index in [9.17, 15) is 18.0 Å². The lowest BCUT2D eigenvalue weighted by Gasteiger charge is -2.25. The van der Waals surface area contributed by atoms with Crippen LogP contribution in [0.3, 0.4) is 0 Å². The van der Waals surface area contributed by atoms with E-state index in [1.165, 1.54) is 0 Å². The van der Waals surface area contributed by atoms with E-state index >= 15 is 0 Å². The monoisotopic (exact) mass is 424 g/mol. The third kappa shape index (κ3) is 9.12. The molecular weight excluding hydrogens is 397 g/mol. The molecule has 0 saturated carbocycles. The normalized spacial score (nSPS) is 16.7. The highest BCUT2D eigenvalue weighted by molar-refractivity contribution is 5.85. The first kappa shape index (κ1) is 24.5. The molecule has 1 amide bonds. The molecular formula is C19H28ClF3N2O3. The molecule has 0 aliphatic carbocycles. The number of ether oxygens (including phenoxy) is 2. The number of rotatable bonds is 9. The number of nitrogens with zero attached hydrogens (tertiary/aromatic N) is 2. The summed E-state index contributed by atoms with van der Waals surface area (Å²) in [6.45, 7) is 2.02. The van der Waals surface area contributed by atoms with Gasteiger partial charge in [0, 0.05) is 33.8 Å². The van der Waals surface area contributed by atoms with Gasteiger partial charge in [-0.1, -0.05) is 12.1 Å². The topological polar surface area (TPSA) is 42.0 Å². The van der Waals surface area contributed by atoms with Crippen LogP contribution < -0.4 is 4.74 Å². The summed E-state index contributed by atoms with van der Waals surface area (Å²) in [5.41, 5.74) is 0.985. The van der Waals surface area contributed by atoms with Crippen LogP contribution in [0, 0.1) is 5.92 Å². The standard InChI is InChI=1S/C19H27F3N2O3.ClH/c1-23(2)18(25)12-24(11-16-8-10-26-13-16)9-7-15-3-5-17(6-4-15)27-14-19(20,21)22;/h3-6,16H,7-14H2,1-2H3;1H. The summed E-state index contributed by atoms with van der Waals surface area (Å²) in [6.07, 6.45) is -2.65. The summed E-state index contributed by atoms with van der Waals surface area (Å²) >= 11 is 0. The third-order valence-electron chi connectivity index (χ3n) is 4.44. The van der Waals surface area contributed by atoms with Crippen LogP contribution in [0.2, 0.25) is 0 Å². The van der Waals surface area contributed by atoms with Crippen LogP contribution in [0.1, 0.15) is 12.0 Å². The van der Waals surface area contributed by atoms with Gasteiger partial charge in [-0.05, 0) is 36.5 Å². The highest BCUT2D eigenvalue weighted by atomic mass is 35.5. The van der Waals surface area contributed by atoms with Crippen LogP contribution in [0.15, 0.2) is 24.3 Å². The predicted octanol–water partition coefficient (Wildman–Crippen LogP) is 3.02. The fourth-order valence-electron chi connectivity index (χ4n) is 2.86. The van der Waals surface area contributed by atoms with Crippen molar-refractivity contribution in [2.24, 2.45) is 5.92 Å². The Morgan fingerprint density at radius 1 is 1.25 bits per heavy atom. The lowest BCUT2D eigenvalue weighted by atomic mass is 10.1. The third-order valence-corrected chi connectivity index (χ3v) is 4.44. The lowest BCUT2D eigenvalue weighted by molar-refractivity contribution is -0.153. The zero-order valence-electron chi connectivity index (χ0n) is 16.2. The minimum absolute atomic E-state index is 0. The first-order valence-corrected chi connectivity index (χ1v) is 9.01. The molecule has 1 atom stereocenters. The van der Waals surface area contributed by atoms with Gasteiger partial charge >= 0.3 is 6.18 Å². The van der Waals surface area contributed by atoms with Gasteiger partial charge in [0.05, 0.1) is 13.2 Å². The second-order valence-electron chi connectivity index (χ2n) is 7.05. The second-order valence-corrected chi connectivity index (χ2v) is 7.05. The van der Waals surface area contributed by atoms with Gasteiger partial charge in [-0.25, -0.2) is 0 Å². The average Bonchev–Trinajstić information content (AvgIpc) is 3.11. The maximum Gasteiger partial charge on any atom is 0.422 e. The summed E-state index contributed by atoms with van der Waals surface area (Å²) in [7, 11) is 3.47. The van der Waals surface area contributed by atoms with Gasteiger partial charge < -0.3 is 14.4 Å². The molecule has 160 valence electrons. The molecule has 1 aliphatic heterocycles. The van der Waals surface area contributed by atoms with Crippen LogP contribution in [0.4, 0.5) is 13.2 Å². The number of alkyl halides is 3. The van der Waals surface area contributed by atoms with E-state index in [2.05, 4.69) is 4.90 Å². The van der Waals surface area contributed by atoms with Crippen molar-refractivity contribution in [2.75, 3.05) is 53.6 Å². The number of amides is 1. The molecule has 1 unspecified atom stereocenters. The van der Waals surface area contributed by atoms with Gasteiger partial charge in [0.25, 0.3) is 0 Å². The molecule has 1 saturated heterocycles. The van der Waals surface area contributed by atoms with Crippen molar-refractivity contribution >= 4 is 18.3 Å². The van der Waals surface area contributed by atoms with Crippen LogP contribution in [-0.4, -0.2) is 75.4 Å². The minimum atomic E-state index is -4.35. The quantitative estimate of drug-likeness (QED) is 0.611. The van der Waals surface area contributed by atoms with Crippen molar-refractivity contribution in [1.29, 1.82) is 0 Å². The van der Waals surface area contributed by atoms with Gasteiger partial charge in [0.1, 0.15) is 5.75 Å². The van der Waals surface area contributed by atoms with E-state index in [1.54, 1.807) is 43.3 Å². The molecule has 0 bridgehead atoms. The molecule has 5 nitrogen and oxygen atoms in total. The Kier molecular flexibility index (Phi) is 10.1. The molecule has 1 aliphatic rings.